The van der Waals surface area contributed by atoms with Gasteiger partial charge in [-0.05, 0) is 12.6 Å². The van der Waals surface area contributed by atoms with Crippen molar-refractivity contribution >= 4 is 27.0 Å². The molecule has 0 aromatic rings. The van der Waals surface area contributed by atoms with Gasteiger partial charge in [0, 0.05) is 38.9 Å². The number of nitrogens with one attached hydrogen (secondary N) is 1. The second-order valence-corrected chi connectivity index (χ2v) is 4.90. The van der Waals surface area contributed by atoms with Gasteiger partial charge < -0.3 is 15.3 Å². The second kappa shape index (κ2) is 15.2. The Bertz CT molecular complexity index is 311. The van der Waals surface area contributed by atoms with Gasteiger partial charge in [0.1, 0.15) is 0 Å². The van der Waals surface area contributed by atoms with E-state index in [1.165, 1.54) is 0 Å². The molecule has 21 heavy (non-hydrogen) atoms. The fourth-order valence-electron chi connectivity index (χ4n) is 1.32. The standard InChI is InChI=1S/C11H23N2O2P.C3H6O2/c1-3-10(14)12-6-8-13(7-5-9-16)11(15)4-2;1-2-3(4)5/h3-9,16H2,1-2H3,(H,12,14);2H2,1H3,(H,4,5). The van der Waals surface area contributed by atoms with E-state index in [-0.39, 0.29) is 18.2 Å². The summed E-state index contributed by atoms with van der Waals surface area (Å²) in [6, 6.07) is 0. The van der Waals surface area contributed by atoms with Crippen LogP contribution in [0.5, 0.6) is 0 Å². The third-order valence-corrected chi connectivity index (χ3v) is 3.02. The molecule has 2 amide bonds. The van der Waals surface area contributed by atoms with E-state index in [0.29, 0.717) is 25.9 Å². The Morgan fingerprint density at radius 3 is 2.00 bits per heavy atom. The number of carbonyl (C=O) groups is 3. The van der Waals surface area contributed by atoms with Gasteiger partial charge in [-0.3, -0.25) is 14.4 Å². The summed E-state index contributed by atoms with van der Waals surface area (Å²) in [7, 11) is 2.66. The largest absolute Gasteiger partial charge is 0.481 e. The minimum atomic E-state index is -0.745. The van der Waals surface area contributed by atoms with Crippen LogP contribution in [0, 0.1) is 0 Å². The maximum absolute atomic E-state index is 11.6. The molecule has 1 atom stereocenters. The zero-order valence-corrected chi connectivity index (χ0v) is 14.5. The zero-order valence-electron chi connectivity index (χ0n) is 13.4. The minimum Gasteiger partial charge on any atom is -0.481 e. The van der Waals surface area contributed by atoms with Gasteiger partial charge in [0.2, 0.25) is 11.8 Å². The van der Waals surface area contributed by atoms with Crippen LogP contribution >= 0.6 is 9.24 Å². The Kier molecular flexibility index (Phi) is 16.1. The van der Waals surface area contributed by atoms with Gasteiger partial charge in [0.25, 0.3) is 0 Å². The number of carboxylic acids is 1. The molecule has 0 spiro atoms. The molecule has 124 valence electrons. The lowest BCUT2D eigenvalue weighted by molar-refractivity contribution is -0.136. The predicted molar refractivity (Wildman–Crippen MR) is 87.3 cm³/mol. The molecule has 7 heteroatoms. The molecule has 0 bridgehead atoms. The highest BCUT2D eigenvalue weighted by atomic mass is 31.0. The lowest BCUT2D eigenvalue weighted by Gasteiger charge is -2.22. The quantitative estimate of drug-likeness (QED) is 0.630. The molecule has 0 aromatic heterocycles. The number of rotatable bonds is 9. The predicted octanol–water partition coefficient (Wildman–Crippen LogP) is 1.50. The van der Waals surface area contributed by atoms with E-state index in [9.17, 15) is 14.4 Å². The highest BCUT2D eigenvalue weighted by Gasteiger charge is 2.10. The minimum absolute atomic E-state index is 0.0370. The molecular weight excluding hydrogens is 291 g/mol. The van der Waals surface area contributed by atoms with E-state index in [1.807, 2.05) is 18.7 Å². The van der Waals surface area contributed by atoms with E-state index in [2.05, 4.69) is 14.6 Å². The summed E-state index contributed by atoms with van der Waals surface area (Å²) in [5.74, 6) is -0.552. The van der Waals surface area contributed by atoms with Crippen LogP contribution in [0.1, 0.15) is 46.5 Å². The molecule has 6 nitrogen and oxygen atoms in total. The van der Waals surface area contributed by atoms with Crippen molar-refractivity contribution in [1.82, 2.24) is 10.2 Å². The molecule has 0 heterocycles. The van der Waals surface area contributed by atoms with Crippen molar-refractivity contribution in [2.75, 3.05) is 25.8 Å². The summed E-state index contributed by atoms with van der Waals surface area (Å²) in [6.07, 6.45) is 3.22. The van der Waals surface area contributed by atoms with Gasteiger partial charge in [0.05, 0.1) is 0 Å². The third kappa shape index (κ3) is 15.1. The van der Waals surface area contributed by atoms with E-state index in [4.69, 9.17) is 5.11 Å². The summed E-state index contributed by atoms with van der Waals surface area (Å²) in [6.45, 7) is 7.22. The molecule has 0 radical (unpaired) electrons. The normalized spacial score (nSPS) is 9.33. The Hall–Kier alpha value is -1.16. The van der Waals surface area contributed by atoms with E-state index in [1.54, 1.807) is 6.92 Å². The van der Waals surface area contributed by atoms with E-state index in [0.717, 1.165) is 19.1 Å². The van der Waals surface area contributed by atoms with Gasteiger partial charge in [-0.2, -0.15) is 0 Å². The zero-order chi connectivity index (χ0) is 16.7. The average molecular weight is 320 g/mol. The number of hydrogen-bond donors (Lipinski definition) is 2. The van der Waals surface area contributed by atoms with Crippen LogP contribution in [-0.2, 0) is 14.4 Å². The number of hydrogen-bond acceptors (Lipinski definition) is 3. The fourth-order valence-corrected chi connectivity index (χ4v) is 1.50. The topological polar surface area (TPSA) is 86.7 Å². The SMILES string of the molecule is CCC(=O)NCCN(CCCP)C(=O)CC.CCC(=O)O. The van der Waals surface area contributed by atoms with Crippen LogP contribution in [0.15, 0.2) is 0 Å². The smallest absolute Gasteiger partial charge is 0.303 e. The first-order valence-corrected chi connectivity index (χ1v) is 8.20. The number of aliphatic carboxylic acids is 1. The van der Waals surface area contributed by atoms with E-state index < -0.39 is 5.97 Å². The molecule has 0 aliphatic heterocycles. The summed E-state index contributed by atoms with van der Waals surface area (Å²) >= 11 is 0. The Labute approximate surface area is 129 Å². The molecular formula is C14H29N2O4P. The van der Waals surface area contributed by atoms with Crippen molar-refractivity contribution in [1.29, 1.82) is 0 Å². The summed E-state index contributed by atoms with van der Waals surface area (Å²) < 4.78 is 0. The third-order valence-electron chi connectivity index (χ3n) is 2.61. The molecule has 0 saturated carbocycles. The Morgan fingerprint density at radius 2 is 1.62 bits per heavy atom. The number of nitrogens with zero attached hydrogens (tertiary/aromatic N) is 1. The van der Waals surface area contributed by atoms with Crippen LogP contribution in [-0.4, -0.2) is 53.6 Å². The molecule has 0 aromatic carbocycles. The van der Waals surface area contributed by atoms with Crippen molar-refractivity contribution in [2.45, 2.75) is 46.5 Å². The highest BCUT2D eigenvalue weighted by molar-refractivity contribution is 7.16. The van der Waals surface area contributed by atoms with Crippen molar-refractivity contribution in [3.05, 3.63) is 0 Å². The van der Waals surface area contributed by atoms with Crippen LogP contribution in [0.4, 0.5) is 0 Å². The number of carboxylic acid groups (broad SMARTS) is 1. The Morgan fingerprint density at radius 1 is 1.05 bits per heavy atom. The molecule has 0 aliphatic rings. The summed E-state index contributed by atoms with van der Waals surface area (Å²) in [5.41, 5.74) is 0. The van der Waals surface area contributed by atoms with Crippen molar-refractivity contribution in [2.24, 2.45) is 0 Å². The maximum atomic E-state index is 11.6. The average Bonchev–Trinajstić information content (AvgIpc) is 2.49. The van der Waals surface area contributed by atoms with Crippen molar-refractivity contribution < 1.29 is 19.5 Å². The lowest BCUT2D eigenvalue weighted by atomic mass is 10.3. The molecule has 0 aliphatic carbocycles. The van der Waals surface area contributed by atoms with Gasteiger partial charge >= 0.3 is 5.97 Å². The van der Waals surface area contributed by atoms with Crippen LogP contribution in [0.3, 0.4) is 0 Å². The van der Waals surface area contributed by atoms with Crippen molar-refractivity contribution in [3.8, 4) is 0 Å². The van der Waals surface area contributed by atoms with Gasteiger partial charge in [-0.1, -0.05) is 20.8 Å². The number of amides is 2. The van der Waals surface area contributed by atoms with Gasteiger partial charge in [-0.15, -0.1) is 9.24 Å². The second-order valence-electron chi connectivity index (χ2n) is 4.33. The van der Waals surface area contributed by atoms with Crippen LogP contribution in [0.25, 0.3) is 0 Å². The first kappa shape index (κ1) is 22.1. The molecule has 1 unspecified atom stereocenters. The molecule has 2 N–H and O–H groups in total. The summed E-state index contributed by atoms with van der Waals surface area (Å²) in [4.78, 5) is 33.8. The monoisotopic (exact) mass is 320 g/mol. The fraction of sp³-hybridized carbons (Fsp3) is 0.786. The van der Waals surface area contributed by atoms with Crippen LogP contribution < -0.4 is 5.32 Å². The number of carbonyl (C=O) groups excluding carboxylic acids is 2. The molecule has 0 saturated heterocycles. The van der Waals surface area contributed by atoms with Gasteiger partial charge in [0.15, 0.2) is 0 Å². The van der Waals surface area contributed by atoms with Gasteiger partial charge in [-0.25, -0.2) is 0 Å². The molecule has 0 fully saturated rings. The highest BCUT2D eigenvalue weighted by Crippen LogP contribution is 1.98. The lowest BCUT2D eigenvalue weighted by Crippen LogP contribution is -2.38. The maximum Gasteiger partial charge on any atom is 0.303 e. The first-order chi connectivity index (χ1) is 9.92. The summed E-state index contributed by atoms with van der Waals surface area (Å²) in [5, 5.41) is 10.5. The van der Waals surface area contributed by atoms with E-state index >= 15 is 0 Å². The molecule has 0 rings (SSSR count). The Balaban J connectivity index is 0. The van der Waals surface area contributed by atoms with Crippen molar-refractivity contribution in [3.63, 3.8) is 0 Å². The van der Waals surface area contributed by atoms with Crippen LogP contribution in [0.2, 0.25) is 0 Å². The first-order valence-electron chi connectivity index (χ1n) is 7.39.